The molecular formula is C10H19N3. The van der Waals surface area contributed by atoms with Gasteiger partial charge >= 0.3 is 0 Å². The number of rotatable bonds is 1. The van der Waals surface area contributed by atoms with E-state index in [2.05, 4.69) is 22.2 Å². The Hall–Kier alpha value is -0.120. The average Bonchev–Trinajstić information content (AvgIpc) is 2.39. The molecule has 0 aromatic carbocycles. The first-order valence-corrected chi connectivity index (χ1v) is 5.46. The molecular weight excluding hydrogens is 162 g/mol. The van der Waals surface area contributed by atoms with E-state index in [0.717, 1.165) is 17.9 Å². The molecule has 0 aromatic rings. The molecule has 3 heterocycles. The molecule has 74 valence electrons. The molecule has 0 radical (unpaired) electrons. The van der Waals surface area contributed by atoms with Gasteiger partial charge in [-0.2, -0.15) is 0 Å². The number of hydrogen-bond acceptors (Lipinski definition) is 3. The first kappa shape index (κ1) is 8.21. The maximum Gasteiger partial charge on any atom is 0.0345 e. The van der Waals surface area contributed by atoms with E-state index in [1.807, 2.05) is 0 Å². The summed E-state index contributed by atoms with van der Waals surface area (Å²) < 4.78 is 0. The SMILES string of the molecule is CN1CC2CN(C3CNC3)CC2C1. The van der Waals surface area contributed by atoms with Crippen molar-refractivity contribution >= 4 is 0 Å². The maximum absolute atomic E-state index is 3.36. The third-order valence-electron chi connectivity index (χ3n) is 3.97. The summed E-state index contributed by atoms with van der Waals surface area (Å²) in [5.41, 5.74) is 0. The van der Waals surface area contributed by atoms with Gasteiger partial charge < -0.3 is 10.2 Å². The fraction of sp³-hybridized carbons (Fsp3) is 1.00. The van der Waals surface area contributed by atoms with Crippen LogP contribution in [0.25, 0.3) is 0 Å². The third-order valence-corrected chi connectivity index (χ3v) is 3.97. The second-order valence-electron chi connectivity index (χ2n) is 5.01. The zero-order valence-electron chi connectivity index (χ0n) is 8.37. The van der Waals surface area contributed by atoms with Crippen LogP contribution in [0, 0.1) is 11.8 Å². The molecule has 0 bridgehead atoms. The molecule has 0 aromatic heterocycles. The van der Waals surface area contributed by atoms with E-state index in [1.54, 1.807) is 0 Å². The van der Waals surface area contributed by atoms with Crippen LogP contribution in [-0.4, -0.2) is 62.2 Å². The average molecular weight is 181 g/mol. The van der Waals surface area contributed by atoms with Gasteiger partial charge in [-0.1, -0.05) is 0 Å². The molecule has 3 heteroatoms. The first-order valence-electron chi connectivity index (χ1n) is 5.46. The Balaban J connectivity index is 1.61. The van der Waals surface area contributed by atoms with Crippen molar-refractivity contribution in [1.82, 2.24) is 15.1 Å². The Bertz CT molecular complexity index is 188. The predicted molar refractivity (Wildman–Crippen MR) is 52.7 cm³/mol. The van der Waals surface area contributed by atoms with E-state index < -0.39 is 0 Å². The number of nitrogens with zero attached hydrogens (tertiary/aromatic N) is 2. The van der Waals surface area contributed by atoms with Gasteiger partial charge in [-0.3, -0.25) is 4.90 Å². The number of hydrogen-bond donors (Lipinski definition) is 1. The van der Waals surface area contributed by atoms with Crippen LogP contribution < -0.4 is 5.32 Å². The second kappa shape index (κ2) is 2.94. The summed E-state index contributed by atoms with van der Waals surface area (Å²) in [6, 6.07) is 0.871. The molecule has 3 nitrogen and oxygen atoms in total. The third kappa shape index (κ3) is 1.30. The van der Waals surface area contributed by atoms with Gasteiger partial charge in [0.05, 0.1) is 0 Å². The molecule has 13 heavy (non-hydrogen) atoms. The van der Waals surface area contributed by atoms with Gasteiger partial charge in [0.25, 0.3) is 0 Å². The van der Waals surface area contributed by atoms with Crippen LogP contribution in [0.3, 0.4) is 0 Å². The second-order valence-corrected chi connectivity index (χ2v) is 5.01. The van der Waals surface area contributed by atoms with Crippen molar-refractivity contribution in [2.24, 2.45) is 11.8 Å². The summed E-state index contributed by atoms with van der Waals surface area (Å²) in [5, 5.41) is 3.36. The van der Waals surface area contributed by atoms with Crippen molar-refractivity contribution in [3.05, 3.63) is 0 Å². The molecule has 3 aliphatic rings. The fourth-order valence-corrected chi connectivity index (χ4v) is 3.09. The zero-order valence-corrected chi connectivity index (χ0v) is 8.37. The smallest absolute Gasteiger partial charge is 0.0345 e. The summed E-state index contributed by atoms with van der Waals surface area (Å²) in [6.45, 7) is 7.86. The van der Waals surface area contributed by atoms with Crippen molar-refractivity contribution in [3.63, 3.8) is 0 Å². The molecule has 2 atom stereocenters. The Labute approximate surface area is 80.1 Å². The van der Waals surface area contributed by atoms with Crippen LogP contribution in [-0.2, 0) is 0 Å². The molecule has 0 spiro atoms. The predicted octanol–water partition coefficient (Wildman–Crippen LogP) is -0.548. The highest BCUT2D eigenvalue weighted by atomic mass is 15.3. The van der Waals surface area contributed by atoms with Gasteiger partial charge in [0.1, 0.15) is 0 Å². The normalized spacial score (nSPS) is 42.2. The van der Waals surface area contributed by atoms with Crippen molar-refractivity contribution in [2.45, 2.75) is 6.04 Å². The topological polar surface area (TPSA) is 18.5 Å². The molecule has 3 aliphatic heterocycles. The minimum absolute atomic E-state index is 0.871. The zero-order chi connectivity index (χ0) is 8.84. The molecule has 2 unspecified atom stereocenters. The van der Waals surface area contributed by atoms with E-state index in [0.29, 0.717) is 0 Å². The lowest BCUT2D eigenvalue weighted by atomic mass is 10.0. The highest BCUT2D eigenvalue weighted by Gasteiger charge is 2.41. The van der Waals surface area contributed by atoms with Crippen LogP contribution in [0.2, 0.25) is 0 Å². The Kier molecular flexibility index (Phi) is 1.86. The quantitative estimate of drug-likeness (QED) is 0.586. The fourth-order valence-electron chi connectivity index (χ4n) is 3.09. The number of fused-ring (bicyclic) bond motifs is 1. The summed E-state index contributed by atoms with van der Waals surface area (Å²) in [7, 11) is 2.26. The van der Waals surface area contributed by atoms with Crippen molar-refractivity contribution in [2.75, 3.05) is 46.3 Å². The monoisotopic (exact) mass is 181 g/mol. The molecule has 0 saturated carbocycles. The first-order chi connectivity index (χ1) is 6.33. The van der Waals surface area contributed by atoms with Crippen molar-refractivity contribution in [1.29, 1.82) is 0 Å². The number of likely N-dealkylation sites (tertiary alicyclic amines) is 2. The van der Waals surface area contributed by atoms with Crippen LogP contribution in [0.1, 0.15) is 0 Å². The Morgan fingerprint density at radius 2 is 1.62 bits per heavy atom. The van der Waals surface area contributed by atoms with Gasteiger partial charge in [-0.05, 0) is 18.9 Å². The lowest BCUT2D eigenvalue weighted by molar-refractivity contribution is 0.160. The summed E-state index contributed by atoms with van der Waals surface area (Å²) in [4.78, 5) is 5.20. The van der Waals surface area contributed by atoms with E-state index >= 15 is 0 Å². The van der Waals surface area contributed by atoms with Crippen LogP contribution in [0.4, 0.5) is 0 Å². The lowest BCUT2D eigenvalue weighted by Gasteiger charge is -2.36. The van der Waals surface area contributed by atoms with E-state index in [1.165, 1.54) is 39.3 Å². The van der Waals surface area contributed by atoms with Gasteiger partial charge in [-0.15, -0.1) is 0 Å². The summed E-state index contributed by atoms with van der Waals surface area (Å²) >= 11 is 0. The summed E-state index contributed by atoms with van der Waals surface area (Å²) in [5.74, 6) is 1.95. The molecule has 3 rings (SSSR count). The molecule has 0 amide bonds. The molecule has 3 fully saturated rings. The molecule has 0 aliphatic carbocycles. The van der Waals surface area contributed by atoms with Gasteiger partial charge in [0.2, 0.25) is 0 Å². The standard InChI is InChI=1S/C10H19N3/c1-12-4-8-6-13(7-9(8)5-12)10-2-11-3-10/h8-11H,2-7H2,1H3. The minimum atomic E-state index is 0.871. The molecule has 3 saturated heterocycles. The van der Waals surface area contributed by atoms with Crippen molar-refractivity contribution < 1.29 is 0 Å². The van der Waals surface area contributed by atoms with Crippen LogP contribution in [0.5, 0.6) is 0 Å². The number of nitrogens with one attached hydrogen (secondary N) is 1. The van der Waals surface area contributed by atoms with E-state index in [-0.39, 0.29) is 0 Å². The maximum atomic E-state index is 3.36. The lowest BCUT2D eigenvalue weighted by Crippen LogP contribution is -2.56. The van der Waals surface area contributed by atoms with E-state index in [4.69, 9.17) is 0 Å². The summed E-state index contributed by atoms with van der Waals surface area (Å²) in [6.07, 6.45) is 0. The van der Waals surface area contributed by atoms with Crippen molar-refractivity contribution in [3.8, 4) is 0 Å². The van der Waals surface area contributed by atoms with Crippen LogP contribution in [0.15, 0.2) is 0 Å². The highest BCUT2D eigenvalue weighted by Crippen LogP contribution is 2.31. The molecule has 1 N–H and O–H groups in total. The largest absolute Gasteiger partial charge is 0.314 e. The van der Waals surface area contributed by atoms with Gasteiger partial charge in [0, 0.05) is 45.3 Å². The van der Waals surface area contributed by atoms with Gasteiger partial charge in [0.15, 0.2) is 0 Å². The Morgan fingerprint density at radius 1 is 1.00 bits per heavy atom. The van der Waals surface area contributed by atoms with E-state index in [9.17, 15) is 0 Å². The minimum Gasteiger partial charge on any atom is -0.314 e. The van der Waals surface area contributed by atoms with Gasteiger partial charge in [-0.25, -0.2) is 0 Å². The highest BCUT2D eigenvalue weighted by molar-refractivity contribution is 4.97. The Morgan fingerprint density at radius 3 is 2.08 bits per heavy atom. The van der Waals surface area contributed by atoms with Crippen LogP contribution >= 0.6 is 0 Å².